The van der Waals surface area contributed by atoms with E-state index < -0.39 is 0 Å². The van der Waals surface area contributed by atoms with Gasteiger partial charge in [0, 0.05) is 16.6 Å². The zero-order valence-electron chi connectivity index (χ0n) is 10.7. The van der Waals surface area contributed by atoms with Gasteiger partial charge < -0.3 is 10.1 Å². The second kappa shape index (κ2) is 4.22. The van der Waals surface area contributed by atoms with Crippen molar-refractivity contribution >= 4 is 29.2 Å². The number of rotatable bonds is 2. The van der Waals surface area contributed by atoms with Gasteiger partial charge in [-0.1, -0.05) is 11.6 Å². The first-order chi connectivity index (χ1) is 9.63. The predicted molar refractivity (Wildman–Crippen MR) is 73.2 cm³/mol. The van der Waals surface area contributed by atoms with E-state index in [1.807, 2.05) is 0 Å². The second-order valence-electron chi connectivity index (χ2n) is 5.92. The van der Waals surface area contributed by atoms with Gasteiger partial charge in [-0.3, -0.25) is 9.59 Å². The number of anilines is 1. The molecule has 4 rings (SSSR count). The molecule has 1 aliphatic heterocycles. The molecule has 1 amide bonds. The van der Waals surface area contributed by atoms with Gasteiger partial charge >= 0.3 is 5.97 Å². The third-order valence-electron chi connectivity index (χ3n) is 4.90. The number of hydrogen-bond donors (Lipinski definition) is 1. The smallest absolute Gasteiger partial charge is 0.310 e. The minimum atomic E-state index is -0.234. The molecule has 5 heteroatoms. The first-order valence-corrected chi connectivity index (χ1v) is 7.28. The van der Waals surface area contributed by atoms with Crippen molar-refractivity contribution in [1.82, 2.24) is 0 Å². The van der Waals surface area contributed by atoms with Crippen LogP contribution in [0.2, 0.25) is 5.02 Å². The summed E-state index contributed by atoms with van der Waals surface area (Å²) in [7, 11) is 0. The van der Waals surface area contributed by atoms with E-state index >= 15 is 0 Å². The fourth-order valence-corrected chi connectivity index (χ4v) is 4.25. The maximum atomic E-state index is 12.5. The van der Waals surface area contributed by atoms with Gasteiger partial charge in [-0.15, -0.1) is 0 Å². The number of esters is 1. The number of carbonyl (C=O) groups is 2. The molecule has 1 N–H and O–H groups in total. The molecule has 1 heterocycles. The Bertz CT molecular complexity index is 583. The zero-order valence-corrected chi connectivity index (χ0v) is 11.5. The van der Waals surface area contributed by atoms with Crippen LogP contribution in [0, 0.1) is 23.7 Å². The molecular formula is C15H14ClNO3. The van der Waals surface area contributed by atoms with E-state index in [0.717, 1.165) is 12.8 Å². The van der Waals surface area contributed by atoms with Crippen LogP contribution in [-0.4, -0.2) is 18.0 Å². The summed E-state index contributed by atoms with van der Waals surface area (Å²) in [6, 6.07) is 7.00. The number of halogens is 1. The Balaban J connectivity index is 1.54. The van der Waals surface area contributed by atoms with Gasteiger partial charge in [0.2, 0.25) is 5.91 Å². The molecule has 1 aromatic rings. The molecule has 1 aromatic carbocycles. The van der Waals surface area contributed by atoms with E-state index in [4.69, 9.17) is 16.3 Å². The van der Waals surface area contributed by atoms with Crippen LogP contribution in [0.3, 0.4) is 0 Å². The topological polar surface area (TPSA) is 55.4 Å². The van der Waals surface area contributed by atoms with Crippen molar-refractivity contribution in [3.63, 3.8) is 0 Å². The van der Waals surface area contributed by atoms with Gasteiger partial charge in [0.1, 0.15) is 6.10 Å². The van der Waals surface area contributed by atoms with Gasteiger partial charge in [0.15, 0.2) is 0 Å². The standard InChI is InChI=1S/C15H14ClNO3/c16-8-1-3-9(4-2-8)17-14(18)12-7-5-10-11(6-7)20-15(19)13(10)12/h1-4,7,10-13H,5-6H2,(H,17,18)/t7-,10+,11+,12-,13+/m1/s1. The van der Waals surface area contributed by atoms with Gasteiger partial charge in [-0.2, -0.15) is 0 Å². The summed E-state index contributed by atoms with van der Waals surface area (Å²) in [6.45, 7) is 0. The fraction of sp³-hybridized carbons (Fsp3) is 0.467. The summed E-state index contributed by atoms with van der Waals surface area (Å²) in [4.78, 5) is 24.4. The summed E-state index contributed by atoms with van der Waals surface area (Å²) in [6.07, 6.45) is 1.85. The van der Waals surface area contributed by atoms with E-state index in [2.05, 4.69) is 5.32 Å². The van der Waals surface area contributed by atoms with Crippen LogP contribution in [0.25, 0.3) is 0 Å². The van der Waals surface area contributed by atoms with Gasteiger partial charge in [0.25, 0.3) is 0 Å². The molecule has 3 aliphatic rings. The lowest BCUT2D eigenvalue weighted by Crippen LogP contribution is -2.35. The molecule has 2 bridgehead atoms. The summed E-state index contributed by atoms with van der Waals surface area (Å²) in [5.41, 5.74) is 0.713. The molecule has 20 heavy (non-hydrogen) atoms. The van der Waals surface area contributed by atoms with Crippen LogP contribution in [0.4, 0.5) is 5.69 Å². The SMILES string of the molecule is O=C(Nc1ccc(Cl)cc1)[C@@H]1[C@@H]2C[C@@H]3[C@@H]1C(=O)O[C@H]3C2. The molecule has 0 aromatic heterocycles. The number of hydrogen-bond acceptors (Lipinski definition) is 3. The molecular weight excluding hydrogens is 278 g/mol. The molecule has 2 saturated carbocycles. The highest BCUT2D eigenvalue weighted by Gasteiger charge is 2.63. The van der Waals surface area contributed by atoms with E-state index in [1.54, 1.807) is 24.3 Å². The van der Waals surface area contributed by atoms with Crippen molar-refractivity contribution in [2.24, 2.45) is 23.7 Å². The minimum absolute atomic E-state index is 0.0667. The number of nitrogens with one attached hydrogen (secondary N) is 1. The molecule has 2 aliphatic carbocycles. The van der Waals surface area contributed by atoms with Crippen LogP contribution >= 0.6 is 11.6 Å². The van der Waals surface area contributed by atoms with Crippen molar-refractivity contribution in [3.8, 4) is 0 Å². The number of benzene rings is 1. The third kappa shape index (κ3) is 1.67. The highest BCUT2D eigenvalue weighted by Crippen LogP contribution is 2.57. The molecule has 0 unspecified atom stereocenters. The van der Waals surface area contributed by atoms with Crippen LogP contribution in [0.1, 0.15) is 12.8 Å². The molecule has 4 nitrogen and oxygen atoms in total. The lowest BCUT2D eigenvalue weighted by molar-refractivity contribution is -0.145. The number of fused-ring (bicyclic) bond motifs is 1. The average Bonchev–Trinajstić information content (AvgIpc) is 3.02. The van der Waals surface area contributed by atoms with E-state index in [-0.39, 0.29) is 41.7 Å². The molecule has 0 radical (unpaired) electrons. The summed E-state index contributed by atoms with van der Waals surface area (Å²) < 4.78 is 5.35. The monoisotopic (exact) mass is 291 g/mol. The maximum absolute atomic E-state index is 12.5. The van der Waals surface area contributed by atoms with Crippen molar-refractivity contribution in [3.05, 3.63) is 29.3 Å². The Morgan fingerprint density at radius 3 is 2.75 bits per heavy atom. The van der Waals surface area contributed by atoms with Crippen LogP contribution in [0.5, 0.6) is 0 Å². The normalized spacial score (nSPS) is 37.0. The zero-order chi connectivity index (χ0) is 13.9. The van der Waals surface area contributed by atoms with Gasteiger partial charge in [-0.05, 0) is 43.0 Å². The van der Waals surface area contributed by atoms with Crippen molar-refractivity contribution in [2.45, 2.75) is 18.9 Å². The Kier molecular flexibility index (Phi) is 2.58. The minimum Gasteiger partial charge on any atom is -0.462 e. The van der Waals surface area contributed by atoms with Gasteiger partial charge in [-0.25, -0.2) is 0 Å². The summed E-state index contributed by atoms with van der Waals surface area (Å²) in [5, 5.41) is 3.52. The summed E-state index contributed by atoms with van der Waals surface area (Å²) >= 11 is 5.82. The van der Waals surface area contributed by atoms with Crippen LogP contribution in [0.15, 0.2) is 24.3 Å². The maximum Gasteiger partial charge on any atom is 0.310 e. The largest absolute Gasteiger partial charge is 0.462 e. The summed E-state index contributed by atoms with van der Waals surface area (Å²) in [5.74, 6) is -0.173. The lowest BCUT2D eigenvalue weighted by atomic mass is 9.79. The highest BCUT2D eigenvalue weighted by atomic mass is 35.5. The molecule has 1 saturated heterocycles. The van der Waals surface area contributed by atoms with Crippen LogP contribution < -0.4 is 5.32 Å². The Labute approximate surface area is 121 Å². The highest BCUT2D eigenvalue weighted by molar-refractivity contribution is 6.30. The molecule has 0 spiro atoms. The van der Waals surface area contributed by atoms with Crippen LogP contribution in [-0.2, 0) is 14.3 Å². The number of amides is 1. The Morgan fingerprint density at radius 2 is 2.00 bits per heavy atom. The predicted octanol–water partition coefficient (Wildman–Crippen LogP) is 2.48. The van der Waals surface area contributed by atoms with Crippen molar-refractivity contribution in [2.75, 3.05) is 5.32 Å². The third-order valence-corrected chi connectivity index (χ3v) is 5.15. The van der Waals surface area contributed by atoms with E-state index in [0.29, 0.717) is 10.7 Å². The van der Waals surface area contributed by atoms with Crippen molar-refractivity contribution < 1.29 is 14.3 Å². The fourth-order valence-electron chi connectivity index (χ4n) is 4.12. The molecule has 104 valence electrons. The average molecular weight is 292 g/mol. The quantitative estimate of drug-likeness (QED) is 0.852. The first kappa shape index (κ1) is 12.2. The van der Waals surface area contributed by atoms with E-state index in [9.17, 15) is 9.59 Å². The molecule has 5 atom stereocenters. The van der Waals surface area contributed by atoms with Gasteiger partial charge in [0.05, 0.1) is 11.8 Å². The second-order valence-corrected chi connectivity index (χ2v) is 6.35. The Morgan fingerprint density at radius 1 is 1.25 bits per heavy atom. The van der Waals surface area contributed by atoms with Crippen molar-refractivity contribution in [1.29, 1.82) is 0 Å². The number of ether oxygens (including phenoxy) is 1. The molecule has 3 fully saturated rings. The van der Waals surface area contributed by atoms with E-state index in [1.165, 1.54) is 0 Å². The first-order valence-electron chi connectivity index (χ1n) is 6.90. The Hall–Kier alpha value is -1.55. The number of carbonyl (C=O) groups excluding carboxylic acids is 2. The lowest BCUT2D eigenvalue weighted by Gasteiger charge is -2.23.